The number of piperidine rings is 1. The molecule has 0 spiro atoms. The van der Waals surface area contributed by atoms with Crippen LogP contribution in [0.25, 0.3) is 0 Å². The third kappa shape index (κ3) is 2.23. The molecule has 21 heavy (non-hydrogen) atoms. The molecule has 2 aromatic rings. The number of hydrogen-bond donors (Lipinski definition) is 0. The fourth-order valence-electron chi connectivity index (χ4n) is 3.71. The SMILES string of the molecule is O=C1CC2CC(Cc3cccnc32)N1Cc1ccccc1. The first-order chi connectivity index (χ1) is 10.3. The normalized spacial score (nSPS) is 23.8. The van der Waals surface area contributed by atoms with Gasteiger partial charge < -0.3 is 4.90 Å². The van der Waals surface area contributed by atoms with Gasteiger partial charge in [0.2, 0.25) is 5.91 Å². The molecule has 2 bridgehead atoms. The van der Waals surface area contributed by atoms with E-state index in [0.29, 0.717) is 18.4 Å². The minimum absolute atomic E-state index is 0.274. The van der Waals surface area contributed by atoms with Gasteiger partial charge in [0.25, 0.3) is 0 Å². The Bertz CT molecular complexity index is 668. The molecule has 1 fully saturated rings. The Hall–Kier alpha value is -2.16. The maximum absolute atomic E-state index is 12.5. The number of fused-ring (bicyclic) bond motifs is 4. The van der Waals surface area contributed by atoms with Crippen LogP contribution in [0, 0.1) is 0 Å². The summed E-state index contributed by atoms with van der Waals surface area (Å²) in [5.41, 5.74) is 3.69. The van der Waals surface area contributed by atoms with E-state index in [2.05, 4.69) is 28.1 Å². The third-order valence-electron chi connectivity index (χ3n) is 4.70. The van der Waals surface area contributed by atoms with Crippen molar-refractivity contribution in [2.24, 2.45) is 0 Å². The number of rotatable bonds is 2. The molecule has 106 valence electrons. The lowest BCUT2D eigenvalue weighted by atomic mass is 9.77. The first kappa shape index (κ1) is 12.6. The molecule has 1 aliphatic heterocycles. The van der Waals surface area contributed by atoms with Crippen molar-refractivity contribution in [3.63, 3.8) is 0 Å². The molecule has 4 rings (SSSR count). The molecule has 3 nitrogen and oxygen atoms in total. The summed E-state index contributed by atoms with van der Waals surface area (Å²) in [5.74, 6) is 0.593. The smallest absolute Gasteiger partial charge is 0.223 e. The number of carbonyl (C=O) groups excluding carboxylic acids is 1. The molecule has 0 saturated carbocycles. The lowest BCUT2D eigenvalue weighted by Gasteiger charge is -2.43. The summed E-state index contributed by atoms with van der Waals surface area (Å²) < 4.78 is 0. The van der Waals surface area contributed by atoms with Gasteiger partial charge in [0.05, 0.1) is 0 Å². The van der Waals surface area contributed by atoms with Crippen LogP contribution in [0.1, 0.15) is 35.6 Å². The number of benzene rings is 1. The van der Waals surface area contributed by atoms with E-state index in [1.54, 1.807) is 0 Å². The molecule has 2 unspecified atom stereocenters. The lowest BCUT2D eigenvalue weighted by Crippen LogP contribution is -2.48. The number of pyridine rings is 1. The van der Waals surface area contributed by atoms with E-state index < -0.39 is 0 Å². The molecule has 1 aliphatic carbocycles. The van der Waals surface area contributed by atoms with E-state index in [-0.39, 0.29) is 5.91 Å². The fraction of sp³-hybridized carbons (Fsp3) is 0.333. The first-order valence-electron chi connectivity index (χ1n) is 7.58. The Balaban J connectivity index is 1.62. The van der Waals surface area contributed by atoms with Crippen LogP contribution in [0.2, 0.25) is 0 Å². The van der Waals surface area contributed by atoms with Crippen molar-refractivity contribution in [3.05, 3.63) is 65.5 Å². The third-order valence-corrected chi connectivity index (χ3v) is 4.70. The molecule has 1 aromatic heterocycles. The average molecular weight is 278 g/mol. The summed E-state index contributed by atoms with van der Waals surface area (Å²) in [6, 6.07) is 14.8. The van der Waals surface area contributed by atoms with Crippen molar-refractivity contribution in [1.82, 2.24) is 9.88 Å². The standard InChI is InChI=1S/C18H18N2O/c21-17-11-15-10-16(9-14-7-4-8-19-18(14)15)20(17)12-13-5-2-1-3-6-13/h1-8,15-16H,9-12H2. The van der Waals surface area contributed by atoms with Crippen LogP contribution >= 0.6 is 0 Å². The Labute approximate surface area is 124 Å². The Morgan fingerprint density at radius 2 is 1.95 bits per heavy atom. The number of amides is 1. The summed E-state index contributed by atoms with van der Waals surface area (Å²) in [6.07, 6.45) is 4.45. The molecule has 1 saturated heterocycles. The van der Waals surface area contributed by atoms with Crippen LogP contribution in [0.5, 0.6) is 0 Å². The highest BCUT2D eigenvalue weighted by atomic mass is 16.2. The summed E-state index contributed by atoms with van der Waals surface area (Å²) in [6.45, 7) is 0.729. The molecule has 0 N–H and O–H groups in total. The van der Waals surface area contributed by atoms with Gasteiger partial charge in [-0.05, 0) is 30.0 Å². The van der Waals surface area contributed by atoms with Gasteiger partial charge in [-0.2, -0.15) is 0 Å². The van der Waals surface area contributed by atoms with Gasteiger partial charge >= 0.3 is 0 Å². The van der Waals surface area contributed by atoms with E-state index in [9.17, 15) is 4.79 Å². The number of nitrogens with zero attached hydrogens (tertiary/aromatic N) is 2. The van der Waals surface area contributed by atoms with Crippen LogP contribution in [0.4, 0.5) is 0 Å². The van der Waals surface area contributed by atoms with Crippen LogP contribution in [0.15, 0.2) is 48.7 Å². The first-order valence-corrected chi connectivity index (χ1v) is 7.58. The molecule has 2 heterocycles. The fourth-order valence-corrected chi connectivity index (χ4v) is 3.71. The second-order valence-electron chi connectivity index (χ2n) is 6.05. The van der Waals surface area contributed by atoms with Crippen molar-refractivity contribution in [2.75, 3.05) is 0 Å². The Kier molecular flexibility index (Phi) is 2.99. The van der Waals surface area contributed by atoms with Crippen LogP contribution in [0.3, 0.4) is 0 Å². The van der Waals surface area contributed by atoms with Gasteiger partial charge in [-0.15, -0.1) is 0 Å². The van der Waals surface area contributed by atoms with E-state index in [1.807, 2.05) is 30.5 Å². The molecule has 0 radical (unpaired) electrons. The summed E-state index contributed by atoms with van der Waals surface area (Å²) in [5, 5.41) is 0. The molecule has 1 amide bonds. The van der Waals surface area contributed by atoms with Crippen LogP contribution < -0.4 is 0 Å². The number of aromatic nitrogens is 1. The van der Waals surface area contributed by atoms with Gasteiger partial charge in [0.15, 0.2) is 0 Å². The minimum Gasteiger partial charge on any atom is -0.335 e. The number of hydrogen-bond acceptors (Lipinski definition) is 2. The van der Waals surface area contributed by atoms with E-state index in [0.717, 1.165) is 25.1 Å². The lowest BCUT2D eigenvalue weighted by molar-refractivity contribution is -0.138. The monoisotopic (exact) mass is 278 g/mol. The minimum atomic E-state index is 0.274. The Morgan fingerprint density at radius 3 is 2.81 bits per heavy atom. The van der Waals surface area contributed by atoms with Crippen molar-refractivity contribution in [2.45, 2.75) is 37.8 Å². The van der Waals surface area contributed by atoms with Gasteiger partial charge in [0.1, 0.15) is 0 Å². The molecule has 3 heteroatoms. The van der Waals surface area contributed by atoms with E-state index in [4.69, 9.17) is 0 Å². The number of likely N-dealkylation sites (tertiary alicyclic amines) is 1. The van der Waals surface area contributed by atoms with Crippen molar-refractivity contribution in [3.8, 4) is 0 Å². The van der Waals surface area contributed by atoms with Crippen molar-refractivity contribution < 1.29 is 4.79 Å². The molecular formula is C18H18N2O. The maximum Gasteiger partial charge on any atom is 0.223 e. The zero-order valence-electron chi connectivity index (χ0n) is 11.9. The highest BCUT2D eigenvalue weighted by Gasteiger charge is 2.39. The van der Waals surface area contributed by atoms with E-state index >= 15 is 0 Å². The molecule has 2 atom stereocenters. The highest BCUT2D eigenvalue weighted by Crippen LogP contribution is 2.39. The average Bonchev–Trinajstić information content (AvgIpc) is 2.52. The quantitative estimate of drug-likeness (QED) is 0.846. The maximum atomic E-state index is 12.5. The largest absolute Gasteiger partial charge is 0.335 e. The summed E-state index contributed by atoms with van der Waals surface area (Å²) in [7, 11) is 0. The summed E-state index contributed by atoms with van der Waals surface area (Å²) >= 11 is 0. The van der Waals surface area contributed by atoms with Crippen LogP contribution in [-0.4, -0.2) is 21.8 Å². The van der Waals surface area contributed by atoms with E-state index in [1.165, 1.54) is 11.1 Å². The second kappa shape index (κ2) is 4.99. The second-order valence-corrected chi connectivity index (χ2v) is 6.05. The summed E-state index contributed by atoms with van der Waals surface area (Å²) in [4.78, 5) is 19.1. The van der Waals surface area contributed by atoms with Crippen LogP contribution in [-0.2, 0) is 17.8 Å². The predicted octanol–water partition coefficient (Wildman–Crippen LogP) is 2.91. The highest BCUT2D eigenvalue weighted by molar-refractivity contribution is 5.79. The van der Waals surface area contributed by atoms with Gasteiger partial charge in [-0.3, -0.25) is 9.78 Å². The van der Waals surface area contributed by atoms with Gasteiger partial charge in [-0.25, -0.2) is 0 Å². The van der Waals surface area contributed by atoms with Gasteiger partial charge in [0, 0.05) is 36.8 Å². The number of carbonyl (C=O) groups is 1. The Morgan fingerprint density at radius 1 is 1.10 bits per heavy atom. The zero-order valence-corrected chi connectivity index (χ0v) is 11.9. The predicted molar refractivity (Wildman–Crippen MR) is 80.7 cm³/mol. The van der Waals surface area contributed by atoms with Gasteiger partial charge in [-0.1, -0.05) is 36.4 Å². The molecular weight excluding hydrogens is 260 g/mol. The topological polar surface area (TPSA) is 33.2 Å². The zero-order chi connectivity index (χ0) is 14.2. The van der Waals surface area contributed by atoms with Crippen molar-refractivity contribution in [1.29, 1.82) is 0 Å². The molecule has 1 aromatic carbocycles. The molecule has 2 aliphatic rings. The van der Waals surface area contributed by atoms with Crippen molar-refractivity contribution >= 4 is 5.91 Å².